The minimum absolute atomic E-state index is 0.345. The number of unbranched alkanes of at least 4 members (excludes halogenated alkanes) is 2. The van der Waals surface area contributed by atoms with E-state index in [1.54, 1.807) is 0 Å². The highest BCUT2D eigenvalue weighted by atomic mass is 16.2. The topological polar surface area (TPSA) is 35.5 Å². The Morgan fingerprint density at radius 2 is 1.93 bits per heavy atom. The maximum Gasteiger partial charge on any atom is 0.0431 e. The summed E-state index contributed by atoms with van der Waals surface area (Å²) < 4.78 is 0. The molecule has 3 nitrogen and oxygen atoms in total. The normalized spacial score (nSPS) is 18.6. The van der Waals surface area contributed by atoms with E-state index in [-0.39, 0.29) is 0 Å². The first-order valence-corrected chi connectivity index (χ1v) is 6.33. The van der Waals surface area contributed by atoms with Crippen LogP contribution in [0.15, 0.2) is 0 Å². The molecule has 1 aliphatic heterocycles. The van der Waals surface area contributed by atoms with E-state index in [0.717, 1.165) is 18.8 Å². The van der Waals surface area contributed by atoms with Crippen LogP contribution in [0, 0.1) is 5.92 Å². The van der Waals surface area contributed by atoms with Crippen LogP contribution < -0.4 is 5.32 Å². The minimum Gasteiger partial charge on any atom is -0.396 e. The third-order valence-corrected chi connectivity index (χ3v) is 3.23. The molecular formula is C12H26N2O. The molecular weight excluding hydrogens is 188 g/mol. The molecule has 0 aromatic heterocycles. The zero-order chi connectivity index (χ0) is 10.9. The van der Waals surface area contributed by atoms with Gasteiger partial charge in [-0.2, -0.15) is 0 Å². The third-order valence-electron chi connectivity index (χ3n) is 3.23. The second-order valence-electron chi connectivity index (χ2n) is 4.74. The molecule has 0 aromatic carbocycles. The molecule has 0 unspecified atom stereocenters. The Hall–Kier alpha value is -0.120. The van der Waals surface area contributed by atoms with Crippen molar-refractivity contribution >= 4 is 0 Å². The molecule has 1 aliphatic rings. The van der Waals surface area contributed by atoms with Gasteiger partial charge in [-0.05, 0) is 64.7 Å². The van der Waals surface area contributed by atoms with Crippen molar-refractivity contribution in [2.45, 2.75) is 32.1 Å². The molecule has 0 aromatic rings. The van der Waals surface area contributed by atoms with Gasteiger partial charge in [0.15, 0.2) is 0 Å². The second-order valence-corrected chi connectivity index (χ2v) is 4.74. The summed E-state index contributed by atoms with van der Waals surface area (Å²) >= 11 is 0. The van der Waals surface area contributed by atoms with Crippen molar-refractivity contribution in [2.75, 3.05) is 39.8 Å². The average Bonchev–Trinajstić information content (AvgIpc) is 2.26. The smallest absolute Gasteiger partial charge is 0.0431 e. The number of aliphatic hydroxyl groups is 1. The first-order valence-electron chi connectivity index (χ1n) is 6.33. The lowest BCUT2D eigenvalue weighted by Crippen LogP contribution is -2.34. The van der Waals surface area contributed by atoms with Crippen LogP contribution in [-0.4, -0.2) is 49.8 Å². The van der Waals surface area contributed by atoms with Gasteiger partial charge in [0.05, 0.1) is 0 Å². The Labute approximate surface area is 93.9 Å². The molecule has 0 spiro atoms. The summed E-state index contributed by atoms with van der Waals surface area (Å²) in [4.78, 5) is 2.45. The zero-order valence-electron chi connectivity index (χ0n) is 10.0. The van der Waals surface area contributed by atoms with Gasteiger partial charge in [0.1, 0.15) is 0 Å². The Balaban J connectivity index is 1.98. The fourth-order valence-corrected chi connectivity index (χ4v) is 2.27. The fraction of sp³-hybridized carbons (Fsp3) is 1.00. The van der Waals surface area contributed by atoms with Crippen LogP contribution in [0.3, 0.4) is 0 Å². The predicted molar refractivity (Wildman–Crippen MR) is 64.0 cm³/mol. The van der Waals surface area contributed by atoms with E-state index in [2.05, 4.69) is 17.3 Å². The van der Waals surface area contributed by atoms with Crippen LogP contribution in [0.4, 0.5) is 0 Å². The second kappa shape index (κ2) is 8.08. The molecule has 15 heavy (non-hydrogen) atoms. The maximum atomic E-state index is 8.67. The molecule has 0 radical (unpaired) electrons. The maximum absolute atomic E-state index is 8.67. The number of nitrogens with zero attached hydrogens (tertiary/aromatic N) is 1. The van der Waals surface area contributed by atoms with E-state index < -0.39 is 0 Å². The van der Waals surface area contributed by atoms with E-state index in [4.69, 9.17) is 5.11 Å². The van der Waals surface area contributed by atoms with Crippen LogP contribution in [-0.2, 0) is 0 Å². The Kier molecular flexibility index (Phi) is 6.98. The van der Waals surface area contributed by atoms with Crippen LogP contribution in [0.1, 0.15) is 32.1 Å². The molecule has 0 amide bonds. The standard InChI is InChI=1S/C12H26N2O/c1-14(9-3-2-4-10-15)11-12-5-7-13-8-6-12/h12-13,15H,2-11H2,1H3. The van der Waals surface area contributed by atoms with Gasteiger partial charge >= 0.3 is 0 Å². The van der Waals surface area contributed by atoms with Crippen molar-refractivity contribution in [1.29, 1.82) is 0 Å². The molecule has 1 saturated heterocycles. The SMILES string of the molecule is CN(CCCCCO)CC1CCNCC1. The quantitative estimate of drug-likeness (QED) is 0.623. The summed E-state index contributed by atoms with van der Waals surface area (Å²) in [6.07, 6.45) is 6.01. The van der Waals surface area contributed by atoms with Gasteiger partial charge in [0, 0.05) is 13.2 Å². The zero-order valence-corrected chi connectivity index (χ0v) is 10.0. The van der Waals surface area contributed by atoms with E-state index >= 15 is 0 Å². The lowest BCUT2D eigenvalue weighted by Gasteiger charge is -2.27. The van der Waals surface area contributed by atoms with Crippen molar-refractivity contribution in [1.82, 2.24) is 10.2 Å². The minimum atomic E-state index is 0.345. The predicted octanol–water partition coefficient (Wildman–Crippen LogP) is 1.08. The van der Waals surface area contributed by atoms with Crippen LogP contribution in [0.5, 0.6) is 0 Å². The van der Waals surface area contributed by atoms with Gasteiger partial charge in [-0.3, -0.25) is 0 Å². The summed E-state index contributed by atoms with van der Waals surface area (Å²) in [6, 6.07) is 0. The van der Waals surface area contributed by atoms with Gasteiger partial charge in [-0.1, -0.05) is 0 Å². The van der Waals surface area contributed by atoms with E-state index in [1.165, 1.54) is 45.4 Å². The Bertz CT molecular complexity index is 147. The van der Waals surface area contributed by atoms with E-state index in [0.29, 0.717) is 6.61 Å². The van der Waals surface area contributed by atoms with Crippen molar-refractivity contribution in [2.24, 2.45) is 5.92 Å². The first kappa shape index (κ1) is 12.9. The van der Waals surface area contributed by atoms with E-state index in [9.17, 15) is 0 Å². The molecule has 0 bridgehead atoms. The van der Waals surface area contributed by atoms with Crippen LogP contribution in [0.2, 0.25) is 0 Å². The van der Waals surface area contributed by atoms with Crippen LogP contribution in [0.25, 0.3) is 0 Å². The Morgan fingerprint density at radius 1 is 1.20 bits per heavy atom. The molecule has 0 saturated carbocycles. The summed E-state index contributed by atoms with van der Waals surface area (Å²) in [5, 5.41) is 12.1. The largest absolute Gasteiger partial charge is 0.396 e. The molecule has 1 rings (SSSR count). The fourth-order valence-electron chi connectivity index (χ4n) is 2.27. The number of nitrogens with one attached hydrogen (secondary N) is 1. The van der Waals surface area contributed by atoms with Crippen molar-refractivity contribution < 1.29 is 5.11 Å². The van der Waals surface area contributed by atoms with Crippen LogP contribution >= 0.6 is 0 Å². The number of aliphatic hydroxyl groups excluding tert-OH is 1. The molecule has 0 aliphatic carbocycles. The average molecular weight is 214 g/mol. The molecule has 2 N–H and O–H groups in total. The molecule has 0 atom stereocenters. The summed E-state index contributed by atoms with van der Waals surface area (Å²) in [5.74, 6) is 0.897. The number of hydrogen-bond donors (Lipinski definition) is 2. The van der Waals surface area contributed by atoms with Crippen molar-refractivity contribution in [3.05, 3.63) is 0 Å². The molecule has 1 heterocycles. The van der Waals surface area contributed by atoms with Gasteiger partial charge < -0.3 is 15.3 Å². The molecule has 3 heteroatoms. The Morgan fingerprint density at radius 3 is 2.60 bits per heavy atom. The number of hydrogen-bond acceptors (Lipinski definition) is 3. The highest BCUT2D eigenvalue weighted by Crippen LogP contribution is 2.12. The summed E-state index contributed by atoms with van der Waals surface area (Å²) in [6.45, 7) is 5.18. The molecule has 1 fully saturated rings. The first-order chi connectivity index (χ1) is 7.33. The van der Waals surface area contributed by atoms with Crippen molar-refractivity contribution in [3.63, 3.8) is 0 Å². The van der Waals surface area contributed by atoms with Gasteiger partial charge in [-0.25, -0.2) is 0 Å². The number of piperidine rings is 1. The third kappa shape index (κ3) is 6.13. The number of rotatable bonds is 7. The van der Waals surface area contributed by atoms with Gasteiger partial charge in [0.2, 0.25) is 0 Å². The van der Waals surface area contributed by atoms with Gasteiger partial charge in [0.25, 0.3) is 0 Å². The highest BCUT2D eigenvalue weighted by Gasteiger charge is 2.14. The summed E-state index contributed by atoms with van der Waals surface area (Å²) in [5.41, 5.74) is 0. The van der Waals surface area contributed by atoms with Gasteiger partial charge in [-0.15, -0.1) is 0 Å². The monoisotopic (exact) mass is 214 g/mol. The lowest BCUT2D eigenvalue weighted by molar-refractivity contribution is 0.231. The lowest BCUT2D eigenvalue weighted by atomic mass is 9.97. The highest BCUT2D eigenvalue weighted by molar-refractivity contribution is 4.71. The van der Waals surface area contributed by atoms with Crippen molar-refractivity contribution in [3.8, 4) is 0 Å². The van der Waals surface area contributed by atoms with E-state index in [1.807, 2.05) is 0 Å². The molecule has 90 valence electrons. The summed E-state index contributed by atoms with van der Waals surface area (Å²) in [7, 11) is 2.22.